The highest BCUT2D eigenvalue weighted by Gasteiger charge is 2.34. The summed E-state index contributed by atoms with van der Waals surface area (Å²) >= 11 is 0. The number of carbonyl (C=O) groups excluding carboxylic acids is 1. The number of pyridine rings is 1. The molecule has 2 aliphatic rings. The van der Waals surface area contributed by atoms with E-state index in [-0.39, 0.29) is 22.8 Å². The van der Waals surface area contributed by atoms with Gasteiger partial charge in [-0.05, 0) is 80.3 Å². The molecule has 184 valence electrons. The molecule has 2 fully saturated rings. The number of aromatic nitrogens is 1. The van der Waals surface area contributed by atoms with Gasteiger partial charge in [-0.2, -0.15) is 4.31 Å². The smallest absolute Gasteiger partial charge is 0.243 e. The van der Waals surface area contributed by atoms with Gasteiger partial charge >= 0.3 is 0 Å². The van der Waals surface area contributed by atoms with Crippen LogP contribution in [0.25, 0.3) is 0 Å². The Morgan fingerprint density at radius 2 is 1.82 bits per heavy atom. The first-order chi connectivity index (χ1) is 16.5. The van der Waals surface area contributed by atoms with Gasteiger partial charge in [0.25, 0.3) is 0 Å². The molecule has 1 saturated carbocycles. The van der Waals surface area contributed by atoms with E-state index in [0.717, 1.165) is 56.4 Å². The van der Waals surface area contributed by atoms with Crippen molar-refractivity contribution >= 4 is 21.6 Å². The third kappa shape index (κ3) is 5.87. The van der Waals surface area contributed by atoms with E-state index in [0.29, 0.717) is 12.2 Å². The summed E-state index contributed by atoms with van der Waals surface area (Å²) in [5, 5.41) is 3.01. The fourth-order valence-electron chi connectivity index (χ4n) is 5.39. The number of amides is 1. The Morgan fingerprint density at radius 1 is 1.06 bits per heavy atom. The molecule has 1 aromatic carbocycles. The van der Waals surface area contributed by atoms with Crippen LogP contribution in [0.4, 0.5) is 5.69 Å². The monoisotopic (exact) mass is 483 g/mol. The summed E-state index contributed by atoms with van der Waals surface area (Å²) in [6.45, 7) is 2.72. The molecule has 1 aliphatic heterocycles. The van der Waals surface area contributed by atoms with Gasteiger partial charge in [0, 0.05) is 30.5 Å². The summed E-state index contributed by atoms with van der Waals surface area (Å²) in [6.07, 6.45) is 14.0. The van der Waals surface area contributed by atoms with Gasteiger partial charge in [-0.1, -0.05) is 38.7 Å². The van der Waals surface area contributed by atoms with E-state index in [1.165, 1.54) is 19.3 Å². The molecule has 6 nitrogen and oxygen atoms in total. The van der Waals surface area contributed by atoms with E-state index in [1.807, 2.05) is 12.1 Å². The fraction of sp³-hybridized carbons (Fsp3) is 0.556. The summed E-state index contributed by atoms with van der Waals surface area (Å²) in [4.78, 5) is 17.2. The predicted octanol–water partition coefficient (Wildman–Crippen LogP) is 5.93. The van der Waals surface area contributed by atoms with Crippen LogP contribution in [0, 0.1) is 11.8 Å². The maximum Gasteiger partial charge on any atom is 0.243 e. The lowest BCUT2D eigenvalue weighted by Gasteiger charge is -2.34. The first-order valence-corrected chi connectivity index (χ1v) is 14.3. The lowest BCUT2D eigenvalue weighted by molar-refractivity contribution is -0.121. The maximum absolute atomic E-state index is 13.5. The zero-order valence-corrected chi connectivity index (χ0v) is 21.0. The average molecular weight is 484 g/mol. The number of rotatable bonds is 8. The van der Waals surface area contributed by atoms with Crippen LogP contribution in [-0.2, 0) is 14.8 Å². The van der Waals surface area contributed by atoms with E-state index in [2.05, 4.69) is 17.2 Å². The van der Waals surface area contributed by atoms with Crippen molar-refractivity contribution in [1.82, 2.24) is 9.29 Å². The highest BCUT2D eigenvalue weighted by atomic mass is 32.2. The van der Waals surface area contributed by atoms with Crippen molar-refractivity contribution in [1.29, 1.82) is 0 Å². The number of anilines is 1. The Balaban J connectivity index is 1.39. The second-order valence-electron chi connectivity index (χ2n) is 9.79. The minimum Gasteiger partial charge on any atom is -0.326 e. The van der Waals surface area contributed by atoms with Gasteiger partial charge in [0.05, 0.1) is 10.9 Å². The topological polar surface area (TPSA) is 79.4 Å². The zero-order chi connectivity index (χ0) is 24.0. The number of unbranched alkanes of at least 4 members (excludes halogenated alkanes) is 1. The summed E-state index contributed by atoms with van der Waals surface area (Å²) in [7, 11) is -3.65. The third-order valence-electron chi connectivity index (χ3n) is 7.43. The summed E-state index contributed by atoms with van der Waals surface area (Å²) in [5.41, 5.74) is 1.58. The Bertz CT molecular complexity index is 1030. The number of carbonyl (C=O) groups is 1. The number of nitrogens with one attached hydrogen (secondary N) is 1. The van der Waals surface area contributed by atoms with E-state index in [4.69, 9.17) is 0 Å². The molecule has 1 amide bonds. The number of benzene rings is 1. The van der Waals surface area contributed by atoms with Crippen LogP contribution in [0.3, 0.4) is 0 Å². The van der Waals surface area contributed by atoms with Gasteiger partial charge in [-0.15, -0.1) is 0 Å². The van der Waals surface area contributed by atoms with Crippen molar-refractivity contribution in [3.8, 4) is 0 Å². The van der Waals surface area contributed by atoms with E-state index < -0.39 is 10.0 Å². The number of hydrogen-bond acceptors (Lipinski definition) is 4. The molecule has 1 aromatic heterocycles. The van der Waals surface area contributed by atoms with Crippen LogP contribution in [-0.4, -0.2) is 30.2 Å². The summed E-state index contributed by atoms with van der Waals surface area (Å²) in [6, 6.07) is 10.2. The zero-order valence-electron chi connectivity index (χ0n) is 20.2. The molecule has 1 atom stereocenters. The minimum absolute atomic E-state index is 0.0508. The van der Waals surface area contributed by atoms with Crippen molar-refractivity contribution in [2.24, 2.45) is 11.8 Å². The first kappa shape index (κ1) is 24.9. The molecule has 7 heteroatoms. The van der Waals surface area contributed by atoms with Crippen LogP contribution in [0.2, 0.25) is 0 Å². The van der Waals surface area contributed by atoms with E-state index in [1.54, 1.807) is 41.0 Å². The van der Waals surface area contributed by atoms with Crippen LogP contribution in [0.1, 0.15) is 82.7 Å². The van der Waals surface area contributed by atoms with E-state index in [9.17, 15) is 13.2 Å². The molecule has 2 heterocycles. The molecule has 4 rings (SSSR count). The van der Waals surface area contributed by atoms with E-state index >= 15 is 0 Å². The standard InChI is InChI=1S/C27H37N3O3S/c1-2-3-7-21-10-12-22(13-11-21)27(31)29-24-14-16-25(17-15-24)34(32,33)30-19-5-4-9-26(30)23-8-6-18-28-20-23/h6,8,14-18,20-22,26H,2-5,7,9-13,19H2,1H3,(H,29,31)/t21?,22?,26-/m1/s1. The molecule has 0 radical (unpaired) electrons. The summed E-state index contributed by atoms with van der Waals surface area (Å²) < 4.78 is 28.6. The van der Waals surface area contributed by atoms with Gasteiger partial charge in [0.15, 0.2) is 0 Å². The molecule has 1 N–H and O–H groups in total. The van der Waals surface area contributed by atoms with Gasteiger partial charge in [0.1, 0.15) is 0 Å². The molecular weight excluding hydrogens is 446 g/mol. The van der Waals surface area contributed by atoms with Crippen LogP contribution < -0.4 is 5.32 Å². The van der Waals surface area contributed by atoms with Gasteiger partial charge in [0.2, 0.25) is 15.9 Å². The second-order valence-corrected chi connectivity index (χ2v) is 11.7. The average Bonchev–Trinajstić information content (AvgIpc) is 2.88. The van der Waals surface area contributed by atoms with Crippen molar-refractivity contribution in [3.05, 3.63) is 54.4 Å². The SMILES string of the molecule is CCCCC1CCC(C(=O)Nc2ccc(S(=O)(=O)N3CCCC[C@@H]3c3cccnc3)cc2)CC1. The van der Waals surface area contributed by atoms with Crippen molar-refractivity contribution in [3.63, 3.8) is 0 Å². The fourth-order valence-corrected chi connectivity index (χ4v) is 7.08. The Hall–Kier alpha value is -2.25. The van der Waals surface area contributed by atoms with Crippen molar-refractivity contribution in [2.75, 3.05) is 11.9 Å². The highest BCUT2D eigenvalue weighted by Crippen LogP contribution is 2.36. The molecule has 34 heavy (non-hydrogen) atoms. The van der Waals surface area contributed by atoms with Crippen LogP contribution >= 0.6 is 0 Å². The Kier molecular flexibility index (Phi) is 8.37. The first-order valence-electron chi connectivity index (χ1n) is 12.8. The molecule has 0 spiro atoms. The molecule has 0 bridgehead atoms. The molecular formula is C27H37N3O3S. The third-order valence-corrected chi connectivity index (χ3v) is 9.36. The number of hydrogen-bond donors (Lipinski definition) is 1. The normalized spacial score (nSPS) is 24.0. The van der Waals surface area contributed by atoms with Crippen LogP contribution in [0.5, 0.6) is 0 Å². The minimum atomic E-state index is -3.65. The number of nitrogens with zero attached hydrogens (tertiary/aromatic N) is 2. The van der Waals surface area contributed by atoms with Crippen molar-refractivity contribution in [2.45, 2.75) is 82.1 Å². The largest absolute Gasteiger partial charge is 0.326 e. The molecule has 0 unspecified atom stereocenters. The highest BCUT2D eigenvalue weighted by molar-refractivity contribution is 7.89. The lowest BCUT2D eigenvalue weighted by atomic mass is 9.79. The lowest BCUT2D eigenvalue weighted by Crippen LogP contribution is -2.38. The van der Waals surface area contributed by atoms with Crippen molar-refractivity contribution < 1.29 is 13.2 Å². The quantitative estimate of drug-likeness (QED) is 0.504. The van der Waals surface area contributed by atoms with Gasteiger partial charge < -0.3 is 5.32 Å². The Labute approximate surface area is 204 Å². The molecule has 2 aromatic rings. The van der Waals surface area contributed by atoms with Gasteiger partial charge in [-0.3, -0.25) is 9.78 Å². The number of piperidine rings is 1. The Morgan fingerprint density at radius 3 is 2.50 bits per heavy atom. The summed E-state index contributed by atoms with van der Waals surface area (Å²) in [5.74, 6) is 0.867. The predicted molar refractivity (Wildman–Crippen MR) is 135 cm³/mol. The molecule has 1 aliphatic carbocycles. The number of sulfonamides is 1. The van der Waals surface area contributed by atoms with Crippen LogP contribution in [0.15, 0.2) is 53.7 Å². The van der Waals surface area contributed by atoms with Gasteiger partial charge in [-0.25, -0.2) is 8.42 Å². The maximum atomic E-state index is 13.5. The molecule has 1 saturated heterocycles. The second kappa shape index (κ2) is 11.5.